The van der Waals surface area contributed by atoms with Gasteiger partial charge in [-0.3, -0.25) is 14.5 Å². The smallest absolute Gasteiger partial charge is 0.252 e. The molecule has 3 heterocycles. The number of pyridine rings is 1. The van der Waals surface area contributed by atoms with Crippen molar-refractivity contribution in [1.29, 1.82) is 0 Å². The lowest BCUT2D eigenvalue weighted by Crippen LogP contribution is -2.49. The number of piperazine rings is 1. The predicted molar refractivity (Wildman–Crippen MR) is 104 cm³/mol. The second kappa shape index (κ2) is 7.43. The van der Waals surface area contributed by atoms with Gasteiger partial charge >= 0.3 is 0 Å². The minimum atomic E-state index is -0.0279. The van der Waals surface area contributed by atoms with E-state index in [1.165, 1.54) is 0 Å². The number of thiophene rings is 1. The van der Waals surface area contributed by atoms with Gasteiger partial charge < -0.3 is 9.88 Å². The fraction of sp³-hybridized carbons (Fsp3) is 0.300. The minimum Gasteiger partial charge on any atom is -0.340 e. The Bertz CT molecular complexity index is 957. The number of carbonyl (C=O) groups excluding carboxylic acids is 1. The van der Waals surface area contributed by atoms with Gasteiger partial charge in [-0.25, -0.2) is 0 Å². The Labute approximate surface area is 155 Å². The molecule has 0 bridgehead atoms. The molecule has 0 aliphatic carbocycles. The average molecular weight is 367 g/mol. The van der Waals surface area contributed by atoms with Crippen LogP contribution in [0.4, 0.5) is 0 Å². The first kappa shape index (κ1) is 17.0. The van der Waals surface area contributed by atoms with E-state index in [1.54, 1.807) is 11.3 Å². The third kappa shape index (κ3) is 3.71. The van der Waals surface area contributed by atoms with Crippen LogP contribution in [0, 0.1) is 0 Å². The van der Waals surface area contributed by atoms with Crippen molar-refractivity contribution in [2.75, 3.05) is 26.2 Å². The number of nitrogens with zero attached hydrogens (tertiary/aromatic N) is 2. The molecule has 4 rings (SSSR count). The molecule has 1 aliphatic heterocycles. The molecular weight excluding hydrogens is 346 g/mol. The maximum atomic E-state index is 12.4. The molecule has 0 atom stereocenters. The third-order valence-corrected chi connectivity index (χ3v) is 5.73. The quantitative estimate of drug-likeness (QED) is 0.771. The number of rotatable bonds is 4. The highest BCUT2D eigenvalue weighted by Crippen LogP contribution is 2.14. The van der Waals surface area contributed by atoms with Gasteiger partial charge in [0.25, 0.3) is 5.56 Å². The summed E-state index contributed by atoms with van der Waals surface area (Å²) in [5.74, 6) is 0.190. The van der Waals surface area contributed by atoms with Crippen LogP contribution in [0.25, 0.3) is 10.9 Å². The van der Waals surface area contributed by atoms with E-state index in [0.717, 1.165) is 47.5 Å². The van der Waals surface area contributed by atoms with Crippen molar-refractivity contribution >= 4 is 28.1 Å². The average Bonchev–Trinajstić information content (AvgIpc) is 3.16. The van der Waals surface area contributed by atoms with Gasteiger partial charge in [-0.05, 0) is 29.0 Å². The molecule has 134 valence electrons. The molecule has 1 aromatic carbocycles. The predicted octanol–water partition coefficient (Wildman–Crippen LogP) is 2.48. The van der Waals surface area contributed by atoms with Crippen molar-refractivity contribution in [2.24, 2.45) is 0 Å². The van der Waals surface area contributed by atoms with Crippen LogP contribution in [0.1, 0.15) is 10.4 Å². The van der Waals surface area contributed by atoms with Crippen molar-refractivity contribution in [1.82, 2.24) is 14.8 Å². The van der Waals surface area contributed by atoms with Crippen molar-refractivity contribution in [3.05, 3.63) is 68.6 Å². The molecule has 5 nitrogen and oxygen atoms in total. The number of amides is 1. The number of benzene rings is 1. The lowest BCUT2D eigenvalue weighted by molar-refractivity contribution is -0.132. The summed E-state index contributed by atoms with van der Waals surface area (Å²) in [4.78, 5) is 32.9. The van der Waals surface area contributed by atoms with E-state index in [9.17, 15) is 9.59 Å². The molecule has 0 unspecified atom stereocenters. The van der Waals surface area contributed by atoms with E-state index in [0.29, 0.717) is 13.0 Å². The molecular formula is C20H21N3O2S. The van der Waals surface area contributed by atoms with Gasteiger partial charge in [0, 0.05) is 48.7 Å². The highest BCUT2D eigenvalue weighted by atomic mass is 32.1. The number of hydrogen-bond acceptors (Lipinski definition) is 4. The number of para-hydroxylation sites is 1. The number of aromatic nitrogens is 1. The van der Waals surface area contributed by atoms with E-state index in [-0.39, 0.29) is 11.5 Å². The Morgan fingerprint density at radius 3 is 2.65 bits per heavy atom. The normalized spacial score (nSPS) is 15.5. The van der Waals surface area contributed by atoms with E-state index in [1.807, 2.05) is 52.7 Å². The molecule has 0 radical (unpaired) electrons. The van der Waals surface area contributed by atoms with Gasteiger partial charge in [0.15, 0.2) is 0 Å². The highest BCUT2D eigenvalue weighted by Gasteiger charge is 2.22. The first-order valence-corrected chi connectivity index (χ1v) is 9.70. The summed E-state index contributed by atoms with van der Waals surface area (Å²) in [6, 6.07) is 13.8. The fourth-order valence-electron chi connectivity index (χ4n) is 3.38. The third-order valence-electron chi connectivity index (χ3n) is 4.85. The molecule has 1 amide bonds. The van der Waals surface area contributed by atoms with Gasteiger partial charge in [0.1, 0.15) is 0 Å². The molecule has 1 saturated heterocycles. The molecule has 6 heteroatoms. The molecule has 1 aliphatic rings. The lowest BCUT2D eigenvalue weighted by atomic mass is 10.1. The van der Waals surface area contributed by atoms with Crippen molar-refractivity contribution in [3.8, 4) is 0 Å². The lowest BCUT2D eigenvalue weighted by Gasteiger charge is -2.34. The largest absolute Gasteiger partial charge is 0.340 e. The monoisotopic (exact) mass is 367 g/mol. The minimum absolute atomic E-state index is 0.0279. The van der Waals surface area contributed by atoms with Gasteiger partial charge in [0.05, 0.1) is 6.42 Å². The summed E-state index contributed by atoms with van der Waals surface area (Å²) < 4.78 is 0. The number of fused-ring (bicyclic) bond motifs is 1. The summed E-state index contributed by atoms with van der Waals surface area (Å²) in [5, 5.41) is 3.05. The molecule has 0 spiro atoms. The van der Waals surface area contributed by atoms with E-state index < -0.39 is 0 Å². The van der Waals surface area contributed by atoms with Crippen LogP contribution in [0.15, 0.2) is 52.6 Å². The van der Waals surface area contributed by atoms with Gasteiger partial charge in [-0.2, -0.15) is 0 Å². The van der Waals surface area contributed by atoms with Crippen LogP contribution < -0.4 is 5.56 Å². The second-order valence-corrected chi connectivity index (χ2v) is 7.66. The second-order valence-electron chi connectivity index (χ2n) is 6.62. The maximum absolute atomic E-state index is 12.4. The summed E-state index contributed by atoms with van der Waals surface area (Å²) in [6.07, 6.45) is 0.488. The van der Waals surface area contributed by atoms with Crippen molar-refractivity contribution in [2.45, 2.75) is 13.0 Å². The molecule has 2 aromatic heterocycles. The number of carbonyl (C=O) groups is 1. The van der Waals surface area contributed by atoms with E-state index in [2.05, 4.69) is 9.88 Å². The molecule has 0 saturated carbocycles. The van der Waals surface area contributed by atoms with Crippen LogP contribution >= 0.6 is 11.3 Å². The summed E-state index contributed by atoms with van der Waals surface area (Å²) in [5.41, 5.74) is 1.62. The van der Waals surface area contributed by atoms with Crippen LogP contribution in [-0.2, 0) is 17.8 Å². The Kier molecular flexibility index (Phi) is 4.86. The van der Waals surface area contributed by atoms with Crippen LogP contribution in [-0.4, -0.2) is 46.9 Å². The summed E-state index contributed by atoms with van der Waals surface area (Å²) in [6.45, 7) is 3.64. The topological polar surface area (TPSA) is 56.4 Å². The first-order valence-electron chi connectivity index (χ1n) is 8.82. The Balaban J connectivity index is 1.37. The zero-order valence-corrected chi connectivity index (χ0v) is 15.3. The van der Waals surface area contributed by atoms with Gasteiger partial charge in [0.2, 0.25) is 5.91 Å². The van der Waals surface area contributed by atoms with Gasteiger partial charge in [-0.1, -0.05) is 24.3 Å². The Morgan fingerprint density at radius 1 is 1.08 bits per heavy atom. The zero-order chi connectivity index (χ0) is 17.9. The Morgan fingerprint density at radius 2 is 1.88 bits per heavy atom. The zero-order valence-electron chi connectivity index (χ0n) is 14.5. The fourth-order valence-corrected chi connectivity index (χ4v) is 4.08. The maximum Gasteiger partial charge on any atom is 0.252 e. The van der Waals surface area contributed by atoms with Crippen LogP contribution in [0.5, 0.6) is 0 Å². The van der Waals surface area contributed by atoms with Crippen molar-refractivity contribution in [3.63, 3.8) is 0 Å². The number of H-pyrrole nitrogens is 1. The first-order chi connectivity index (χ1) is 12.7. The number of aromatic amines is 1. The van der Waals surface area contributed by atoms with E-state index in [4.69, 9.17) is 0 Å². The SMILES string of the molecule is O=C(Cc1cccs1)N1CCN(Cc2cc3ccccc3[nH]c2=O)CC1. The van der Waals surface area contributed by atoms with Gasteiger partial charge in [-0.15, -0.1) is 11.3 Å². The summed E-state index contributed by atoms with van der Waals surface area (Å²) >= 11 is 1.62. The molecule has 1 N–H and O–H groups in total. The van der Waals surface area contributed by atoms with Crippen LogP contribution in [0.3, 0.4) is 0 Å². The standard InChI is InChI=1S/C20H21N3O2S/c24-19(13-17-5-3-11-26-17)23-9-7-22(8-10-23)14-16-12-15-4-1-2-6-18(15)21-20(16)25/h1-6,11-12H,7-10,13-14H2,(H,21,25). The Hall–Kier alpha value is -2.44. The van der Waals surface area contributed by atoms with Crippen LogP contribution in [0.2, 0.25) is 0 Å². The summed E-state index contributed by atoms with van der Waals surface area (Å²) in [7, 11) is 0. The highest BCUT2D eigenvalue weighted by molar-refractivity contribution is 7.10. The molecule has 1 fully saturated rings. The number of hydrogen-bond donors (Lipinski definition) is 1. The van der Waals surface area contributed by atoms with Crippen molar-refractivity contribution < 1.29 is 4.79 Å². The number of nitrogens with one attached hydrogen (secondary N) is 1. The van der Waals surface area contributed by atoms with E-state index >= 15 is 0 Å². The molecule has 26 heavy (non-hydrogen) atoms. The molecule has 3 aromatic rings.